The van der Waals surface area contributed by atoms with Crippen LogP contribution in [0.5, 0.6) is 5.75 Å². The molecule has 0 atom stereocenters. The van der Waals surface area contributed by atoms with Crippen molar-refractivity contribution in [1.82, 2.24) is 4.90 Å². The van der Waals surface area contributed by atoms with Gasteiger partial charge in [-0.25, -0.2) is 9.18 Å². The van der Waals surface area contributed by atoms with Crippen LogP contribution in [-0.2, 0) is 14.3 Å². The second kappa shape index (κ2) is 10.6. The first-order chi connectivity index (χ1) is 15.4. The lowest BCUT2D eigenvalue weighted by molar-refractivity contribution is -0.148. The van der Waals surface area contributed by atoms with Crippen LogP contribution < -0.4 is 9.64 Å². The summed E-state index contributed by atoms with van der Waals surface area (Å²) in [7, 11) is 1.56. The number of anilines is 1. The Balaban J connectivity index is 1.46. The zero-order valence-corrected chi connectivity index (χ0v) is 18.0. The van der Waals surface area contributed by atoms with Gasteiger partial charge in [-0.15, -0.1) is 0 Å². The Morgan fingerprint density at radius 2 is 1.81 bits per heavy atom. The molecule has 8 heteroatoms. The summed E-state index contributed by atoms with van der Waals surface area (Å²) in [5, 5.41) is 0. The number of piperazine rings is 1. The smallest absolute Gasteiger partial charge is 0.331 e. The highest BCUT2D eigenvalue weighted by Crippen LogP contribution is 2.22. The second-order valence-electron chi connectivity index (χ2n) is 7.31. The minimum Gasteiger partial charge on any atom is -0.497 e. The average molecular weight is 440 g/mol. The number of methoxy groups -OCH3 is 1. The van der Waals surface area contributed by atoms with E-state index in [-0.39, 0.29) is 18.3 Å². The molecular formula is C24H25FN2O5. The Bertz CT molecular complexity index is 1030. The summed E-state index contributed by atoms with van der Waals surface area (Å²) in [6.07, 6.45) is 2.84. The van der Waals surface area contributed by atoms with Crippen molar-refractivity contribution >= 4 is 29.4 Å². The molecule has 2 aromatic rings. The molecule has 0 bridgehead atoms. The van der Waals surface area contributed by atoms with Crippen molar-refractivity contribution in [3.05, 3.63) is 65.5 Å². The van der Waals surface area contributed by atoms with Crippen molar-refractivity contribution < 1.29 is 28.2 Å². The first kappa shape index (κ1) is 23.0. The van der Waals surface area contributed by atoms with Crippen LogP contribution in [-0.4, -0.2) is 62.5 Å². The molecule has 0 N–H and O–H groups in total. The van der Waals surface area contributed by atoms with Crippen molar-refractivity contribution in [2.24, 2.45) is 0 Å². The summed E-state index contributed by atoms with van der Waals surface area (Å²) in [6.45, 7) is 2.66. The van der Waals surface area contributed by atoms with Gasteiger partial charge in [0.25, 0.3) is 5.91 Å². The molecule has 1 heterocycles. The number of ether oxygens (including phenoxy) is 2. The molecule has 0 saturated carbocycles. The number of benzene rings is 2. The van der Waals surface area contributed by atoms with E-state index in [1.54, 1.807) is 48.4 Å². The zero-order chi connectivity index (χ0) is 23.1. The fourth-order valence-corrected chi connectivity index (χ4v) is 3.36. The molecule has 32 heavy (non-hydrogen) atoms. The largest absolute Gasteiger partial charge is 0.497 e. The van der Waals surface area contributed by atoms with Gasteiger partial charge in [0.2, 0.25) is 0 Å². The highest BCUT2D eigenvalue weighted by atomic mass is 19.1. The average Bonchev–Trinajstić information content (AvgIpc) is 2.81. The van der Waals surface area contributed by atoms with Crippen molar-refractivity contribution in [3.63, 3.8) is 0 Å². The number of Topliss-reactive ketones (excluding diaryl/α,β-unsaturated/α-hetero) is 1. The Morgan fingerprint density at radius 3 is 2.47 bits per heavy atom. The molecule has 1 fully saturated rings. The molecule has 0 unspecified atom stereocenters. The van der Waals surface area contributed by atoms with E-state index in [1.165, 1.54) is 19.1 Å². The van der Waals surface area contributed by atoms with Crippen molar-refractivity contribution in [2.75, 3.05) is 44.8 Å². The molecule has 1 aliphatic heterocycles. The van der Waals surface area contributed by atoms with Gasteiger partial charge >= 0.3 is 5.97 Å². The Morgan fingerprint density at radius 1 is 1.06 bits per heavy atom. The van der Waals surface area contributed by atoms with E-state index in [1.807, 2.05) is 11.0 Å². The number of hydrogen-bond acceptors (Lipinski definition) is 6. The monoisotopic (exact) mass is 440 g/mol. The van der Waals surface area contributed by atoms with Gasteiger partial charge in [0.1, 0.15) is 11.6 Å². The van der Waals surface area contributed by atoms with Crippen LogP contribution in [0, 0.1) is 5.82 Å². The Labute approximate surface area is 186 Å². The number of carbonyl (C=O) groups is 3. The van der Waals surface area contributed by atoms with Crippen LogP contribution in [0.1, 0.15) is 22.8 Å². The molecule has 0 aromatic heterocycles. The van der Waals surface area contributed by atoms with E-state index in [2.05, 4.69) is 0 Å². The molecule has 1 amide bonds. The van der Waals surface area contributed by atoms with Gasteiger partial charge in [0.15, 0.2) is 12.4 Å². The Hall–Kier alpha value is -3.68. The number of nitrogens with zero attached hydrogens (tertiary/aromatic N) is 2. The molecule has 0 radical (unpaired) electrons. The molecule has 1 saturated heterocycles. The van der Waals surface area contributed by atoms with Crippen molar-refractivity contribution in [2.45, 2.75) is 6.92 Å². The van der Waals surface area contributed by atoms with Gasteiger partial charge in [-0.2, -0.15) is 0 Å². The van der Waals surface area contributed by atoms with E-state index < -0.39 is 11.8 Å². The molecule has 1 aliphatic rings. The summed E-state index contributed by atoms with van der Waals surface area (Å²) in [5.74, 6) is -0.912. The molecule has 7 nitrogen and oxygen atoms in total. The zero-order valence-electron chi connectivity index (χ0n) is 18.0. The number of esters is 1. The van der Waals surface area contributed by atoms with Gasteiger partial charge in [0, 0.05) is 37.8 Å². The van der Waals surface area contributed by atoms with E-state index in [0.717, 1.165) is 5.56 Å². The normalized spacial score (nSPS) is 13.8. The van der Waals surface area contributed by atoms with E-state index in [0.29, 0.717) is 43.2 Å². The number of rotatable bonds is 7. The van der Waals surface area contributed by atoms with E-state index in [4.69, 9.17) is 9.47 Å². The number of hydrogen-bond donors (Lipinski definition) is 0. The lowest BCUT2D eigenvalue weighted by Gasteiger charge is -2.36. The summed E-state index contributed by atoms with van der Waals surface area (Å²) >= 11 is 0. The number of ketones is 1. The predicted molar refractivity (Wildman–Crippen MR) is 118 cm³/mol. The lowest BCUT2D eigenvalue weighted by atomic mass is 10.1. The SMILES string of the molecule is COc1cccc(/C=C/C(=O)OCC(=O)N2CCN(c3ccc(C(C)=O)cc3F)CC2)c1. The minimum absolute atomic E-state index is 0.196. The van der Waals surface area contributed by atoms with Crippen LogP contribution in [0.2, 0.25) is 0 Å². The molecule has 168 valence electrons. The summed E-state index contributed by atoms with van der Waals surface area (Å²) in [4.78, 5) is 39.1. The van der Waals surface area contributed by atoms with Crippen molar-refractivity contribution in [3.8, 4) is 5.75 Å². The summed E-state index contributed by atoms with van der Waals surface area (Å²) in [5.41, 5.74) is 1.49. The highest BCUT2D eigenvalue weighted by Gasteiger charge is 2.23. The van der Waals surface area contributed by atoms with Crippen LogP contribution >= 0.6 is 0 Å². The van der Waals surface area contributed by atoms with Crippen LogP contribution in [0.4, 0.5) is 10.1 Å². The molecule has 3 rings (SSSR count). The van der Waals surface area contributed by atoms with Gasteiger partial charge < -0.3 is 19.3 Å². The maximum Gasteiger partial charge on any atom is 0.331 e. The second-order valence-corrected chi connectivity index (χ2v) is 7.31. The van der Waals surface area contributed by atoms with Crippen molar-refractivity contribution in [1.29, 1.82) is 0 Å². The lowest BCUT2D eigenvalue weighted by Crippen LogP contribution is -2.50. The molecule has 2 aromatic carbocycles. The predicted octanol–water partition coefficient (Wildman–Crippen LogP) is 2.94. The first-order valence-corrected chi connectivity index (χ1v) is 10.2. The summed E-state index contributed by atoms with van der Waals surface area (Å²) in [6, 6.07) is 11.6. The quantitative estimate of drug-likeness (QED) is 0.374. The van der Waals surface area contributed by atoms with E-state index >= 15 is 0 Å². The van der Waals surface area contributed by atoms with Gasteiger partial charge in [-0.3, -0.25) is 9.59 Å². The number of halogens is 1. The minimum atomic E-state index is -0.618. The number of carbonyl (C=O) groups excluding carboxylic acids is 3. The van der Waals surface area contributed by atoms with Gasteiger partial charge in [-0.1, -0.05) is 12.1 Å². The fraction of sp³-hybridized carbons (Fsp3) is 0.292. The molecule has 0 aliphatic carbocycles. The third kappa shape index (κ3) is 5.94. The maximum absolute atomic E-state index is 14.4. The van der Waals surface area contributed by atoms with Gasteiger partial charge in [-0.05, 0) is 48.9 Å². The molecular weight excluding hydrogens is 415 g/mol. The standard InChI is InChI=1S/C24H25FN2O5/c1-17(28)19-7-8-22(21(25)15-19)26-10-12-27(13-11-26)23(29)16-32-24(30)9-6-18-4-3-5-20(14-18)31-2/h3-9,14-15H,10-13,16H2,1-2H3/b9-6+. The fourth-order valence-electron chi connectivity index (χ4n) is 3.36. The molecule has 0 spiro atoms. The highest BCUT2D eigenvalue weighted by molar-refractivity contribution is 5.94. The maximum atomic E-state index is 14.4. The van der Waals surface area contributed by atoms with Crippen LogP contribution in [0.3, 0.4) is 0 Å². The third-order valence-corrected chi connectivity index (χ3v) is 5.17. The first-order valence-electron chi connectivity index (χ1n) is 10.2. The summed E-state index contributed by atoms with van der Waals surface area (Å²) < 4.78 is 24.5. The van der Waals surface area contributed by atoms with E-state index in [9.17, 15) is 18.8 Å². The van der Waals surface area contributed by atoms with Gasteiger partial charge in [0.05, 0.1) is 12.8 Å². The third-order valence-electron chi connectivity index (χ3n) is 5.17. The number of amides is 1. The topological polar surface area (TPSA) is 76.2 Å². The Kier molecular flexibility index (Phi) is 7.59. The van der Waals surface area contributed by atoms with Crippen LogP contribution in [0.15, 0.2) is 48.5 Å². The van der Waals surface area contributed by atoms with Crippen LogP contribution in [0.25, 0.3) is 6.08 Å².